The first-order chi connectivity index (χ1) is 8.56. The number of rotatable bonds is 3. The number of anilines is 2. The monoisotopic (exact) mass is 262 g/mol. The fraction of sp³-hybridized carbons (Fsp3) is 0.0769. The molecule has 0 atom stereocenters. The maximum absolute atomic E-state index is 10.8. The Morgan fingerprint density at radius 1 is 1.33 bits per heavy atom. The van der Waals surface area contributed by atoms with Crippen molar-refractivity contribution in [3.05, 3.63) is 52.8 Å². The average molecular weight is 263 g/mol. The highest BCUT2D eigenvalue weighted by molar-refractivity contribution is 6.33. The summed E-state index contributed by atoms with van der Waals surface area (Å²) in [6.07, 6.45) is 1.69. The Balaban J connectivity index is 2.27. The number of pyridine rings is 1. The van der Waals surface area contributed by atoms with Gasteiger partial charge in [0.2, 0.25) is 0 Å². The van der Waals surface area contributed by atoms with E-state index in [9.17, 15) is 4.79 Å². The van der Waals surface area contributed by atoms with Crippen molar-refractivity contribution in [3.8, 4) is 0 Å². The molecular formula is C13H11ClN2O2. The first kappa shape index (κ1) is 12.4. The largest absolute Gasteiger partial charge is 0.478 e. The number of nitrogens with zero attached hydrogens (tertiary/aromatic N) is 1. The minimum atomic E-state index is -0.997. The first-order valence-electron chi connectivity index (χ1n) is 5.29. The van der Waals surface area contributed by atoms with Crippen LogP contribution in [-0.4, -0.2) is 16.1 Å². The summed E-state index contributed by atoms with van der Waals surface area (Å²) in [4.78, 5) is 14.9. The fourth-order valence-corrected chi connectivity index (χ4v) is 1.76. The van der Waals surface area contributed by atoms with Crippen LogP contribution < -0.4 is 5.32 Å². The molecule has 2 N–H and O–H groups in total. The van der Waals surface area contributed by atoms with Crippen LogP contribution in [0, 0.1) is 6.92 Å². The van der Waals surface area contributed by atoms with E-state index in [0.29, 0.717) is 10.7 Å². The summed E-state index contributed by atoms with van der Waals surface area (Å²) in [5, 5.41) is 12.3. The normalized spacial score (nSPS) is 10.1. The molecule has 4 nitrogen and oxygen atoms in total. The van der Waals surface area contributed by atoms with Crippen LogP contribution in [0.5, 0.6) is 0 Å². The van der Waals surface area contributed by atoms with Gasteiger partial charge < -0.3 is 10.4 Å². The number of aryl methyl sites for hydroxylation is 1. The van der Waals surface area contributed by atoms with Gasteiger partial charge in [-0.3, -0.25) is 4.98 Å². The third-order valence-corrected chi connectivity index (χ3v) is 2.70. The number of benzene rings is 1. The number of aromatic carboxylic acids is 1. The van der Waals surface area contributed by atoms with E-state index in [1.165, 1.54) is 12.1 Å². The predicted octanol–water partition coefficient (Wildman–Crippen LogP) is 3.49. The number of halogens is 1. The summed E-state index contributed by atoms with van der Waals surface area (Å²) >= 11 is 6.02. The summed E-state index contributed by atoms with van der Waals surface area (Å²) in [5.74, 6) is -0.997. The Morgan fingerprint density at radius 2 is 2.11 bits per heavy atom. The molecule has 1 aromatic carbocycles. The molecule has 2 rings (SSSR count). The molecule has 92 valence electrons. The van der Waals surface area contributed by atoms with Crippen LogP contribution >= 0.6 is 11.6 Å². The van der Waals surface area contributed by atoms with Crippen LogP contribution in [0.25, 0.3) is 0 Å². The van der Waals surface area contributed by atoms with Gasteiger partial charge in [-0.05, 0) is 37.3 Å². The molecule has 0 radical (unpaired) electrons. The molecule has 5 heteroatoms. The van der Waals surface area contributed by atoms with E-state index in [0.717, 1.165) is 11.4 Å². The van der Waals surface area contributed by atoms with Crippen molar-refractivity contribution in [3.63, 3.8) is 0 Å². The molecule has 0 aliphatic heterocycles. The Morgan fingerprint density at radius 3 is 2.72 bits per heavy atom. The standard InChI is InChI=1S/C13H11ClN2O2/c1-8-6-10(4-5-15-8)16-12-3-2-9(13(17)18)7-11(12)14/h2-7H,1H3,(H,15,16)(H,17,18). The topological polar surface area (TPSA) is 62.2 Å². The van der Waals surface area contributed by atoms with Crippen LogP contribution in [0.4, 0.5) is 11.4 Å². The second-order valence-electron chi connectivity index (χ2n) is 3.81. The summed E-state index contributed by atoms with van der Waals surface area (Å²) in [6.45, 7) is 1.89. The lowest BCUT2D eigenvalue weighted by Crippen LogP contribution is -1.98. The Hall–Kier alpha value is -2.07. The molecule has 0 saturated carbocycles. The maximum Gasteiger partial charge on any atom is 0.335 e. The molecule has 0 spiro atoms. The summed E-state index contributed by atoms with van der Waals surface area (Å²) in [6, 6.07) is 8.25. The van der Waals surface area contributed by atoms with Crippen molar-refractivity contribution in [2.75, 3.05) is 5.32 Å². The highest BCUT2D eigenvalue weighted by Gasteiger charge is 2.07. The quantitative estimate of drug-likeness (QED) is 0.889. The molecule has 1 heterocycles. The van der Waals surface area contributed by atoms with Crippen LogP contribution in [-0.2, 0) is 0 Å². The molecule has 0 fully saturated rings. The van der Waals surface area contributed by atoms with Gasteiger partial charge in [0.05, 0.1) is 16.3 Å². The molecule has 0 amide bonds. The summed E-state index contributed by atoms with van der Waals surface area (Å²) < 4.78 is 0. The average Bonchev–Trinajstić information content (AvgIpc) is 2.31. The van der Waals surface area contributed by atoms with Crippen LogP contribution in [0.3, 0.4) is 0 Å². The van der Waals surface area contributed by atoms with Gasteiger partial charge >= 0.3 is 5.97 Å². The fourth-order valence-electron chi connectivity index (χ4n) is 1.53. The number of carboxylic acids is 1. The van der Waals surface area contributed by atoms with Gasteiger partial charge in [-0.1, -0.05) is 11.6 Å². The minimum absolute atomic E-state index is 0.163. The Kier molecular flexibility index (Phi) is 3.48. The van der Waals surface area contributed by atoms with Gasteiger partial charge in [-0.2, -0.15) is 0 Å². The first-order valence-corrected chi connectivity index (χ1v) is 5.66. The molecule has 0 saturated heterocycles. The number of aromatic nitrogens is 1. The van der Waals surface area contributed by atoms with E-state index in [1.54, 1.807) is 12.3 Å². The SMILES string of the molecule is Cc1cc(Nc2ccc(C(=O)O)cc2Cl)ccn1. The Bertz CT molecular complexity index is 599. The van der Waals surface area contributed by atoms with Crippen molar-refractivity contribution >= 4 is 28.9 Å². The van der Waals surface area contributed by atoms with Gasteiger partial charge in [0, 0.05) is 17.6 Å². The third-order valence-electron chi connectivity index (χ3n) is 2.39. The van der Waals surface area contributed by atoms with E-state index in [2.05, 4.69) is 10.3 Å². The zero-order valence-electron chi connectivity index (χ0n) is 9.64. The van der Waals surface area contributed by atoms with Gasteiger partial charge in [0.1, 0.15) is 0 Å². The second-order valence-corrected chi connectivity index (χ2v) is 4.22. The maximum atomic E-state index is 10.8. The highest BCUT2D eigenvalue weighted by atomic mass is 35.5. The highest BCUT2D eigenvalue weighted by Crippen LogP contribution is 2.26. The van der Waals surface area contributed by atoms with E-state index in [1.807, 2.05) is 19.1 Å². The van der Waals surface area contributed by atoms with Gasteiger partial charge in [-0.15, -0.1) is 0 Å². The third kappa shape index (κ3) is 2.78. The minimum Gasteiger partial charge on any atom is -0.478 e. The number of hydrogen-bond acceptors (Lipinski definition) is 3. The van der Waals surface area contributed by atoms with Gasteiger partial charge in [0.15, 0.2) is 0 Å². The van der Waals surface area contributed by atoms with Crippen molar-refractivity contribution in [2.24, 2.45) is 0 Å². The number of nitrogens with one attached hydrogen (secondary N) is 1. The molecule has 0 unspecified atom stereocenters. The van der Waals surface area contributed by atoms with E-state index in [-0.39, 0.29) is 5.56 Å². The van der Waals surface area contributed by atoms with Gasteiger partial charge in [-0.25, -0.2) is 4.79 Å². The molecule has 2 aromatic rings. The second kappa shape index (κ2) is 5.06. The molecule has 0 bridgehead atoms. The molecular weight excluding hydrogens is 252 g/mol. The van der Waals surface area contributed by atoms with Crippen LogP contribution in [0.2, 0.25) is 5.02 Å². The van der Waals surface area contributed by atoms with Crippen molar-refractivity contribution in [2.45, 2.75) is 6.92 Å². The van der Waals surface area contributed by atoms with Crippen molar-refractivity contribution in [1.82, 2.24) is 4.98 Å². The smallest absolute Gasteiger partial charge is 0.335 e. The van der Waals surface area contributed by atoms with Crippen molar-refractivity contribution < 1.29 is 9.90 Å². The van der Waals surface area contributed by atoms with Crippen LogP contribution in [0.15, 0.2) is 36.5 Å². The van der Waals surface area contributed by atoms with E-state index < -0.39 is 5.97 Å². The van der Waals surface area contributed by atoms with Crippen LogP contribution in [0.1, 0.15) is 16.1 Å². The van der Waals surface area contributed by atoms with Gasteiger partial charge in [0.25, 0.3) is 0 Å². The lowest BCUT2D eigenvalue weighted by Gasteiger charge is -2.09. The summed E-state index contributed by atoms with van der Waals surface area (Å²) in [7, 11) is 0. The van der Waals surface area contributed by atoms with E-state index >= 15 is 0 Å². The zero-order chi connectivity index (χ0) is 13.1. The summed E-state index contributed by atoms with van der Waals surface area (Å²) in [5.41, 5.74) is 2.56. The van der Waals surface area contributed by atoms with E-state index in [4.69, 9.17) is 16.7 Å². The Labute approximate surface area is 109 Å². The predicted molar refractivity (Wildman–Crippen MR) is 70.7 cm³/mol. The molecule has 0 aliphatic carbocycles. The lowest BCUT2D eigenvalue weighted by molar-refractivity contribution is 0.0697. The number of carboxylic acid groups (broad SMARTS) is 1. The molecule has 18 heavy (non-hydrogen) atoms. The lowest BCUT2D eigenvalue weighted by atomic mass is 10.2. The molecule has 0 aliphatic rings. The molecule has 1 aromatic heterocycles. The zero-order valence-corrected chi connectivity index (χ0v) is 10.4. The van der Waals surface area contributed by atoms with Crippen molar-refractivity contribution in [1.29, 1.82) is 0 Å². The number of hydrogen-bond donors (Lipinski definition) is 2. The number of carbonyl (C=O) groups is 1.